The standard InChI is InChI=1S/C16H17ClN4O/c1-2-20-9-7-11(10-20)15-19-12-4-3-8-18-16(12)21(15)14-6-5-13(17)22-14/h3-6,8,11H,2,7,9-10H2,1H3. The molecule has 3 aromatic rings. The molecule has 1 atom stereocenters. The van der Waals surface area contributed by atoms with E-state index in [4.69, 9.17) is 21.0 Å². The maximum absolute atomic E-state index is 5.96. The lowest BCUT2D eigenvalue weighted by atomic mass is 10.1. The van der Waals surface area contributed by atoms with Crippen molar-refractivity contribution in [3.63, 3.8) is 0 Å². The van der Waals surface area contributed by atoms with Crippen molar-refractivity contribution < 1.29 is 4.42 Å². The van der Waals surface area contributed by atoms with E-state index in [1.165, 1.54) is 0 Å². The summed E-state index contributed by atoms with van der Waals surface area (Å²) in [6, 6.07) is 7.52. The molecule has 4 heterocycles. The average Bonchev–Trinajstić information content (AvgIpc) is 3.23. The van der Waals surface area contributed by atoms with Gasteiger partial charge in [-0.15, -0.1) is 0 Å². The number of nitrogens with zero attached hydrogens (tertiary/aromatic N) is 4. The molecule has 1 unspecified atom stereocenters. The second-order valence-corrected chi connectivity index (χ2v) is 5.98. The fourth-order valence-electron chi connectivity index (χ4n) is 3.18. The largest absolute Gasteiger partial charge is 0.428 e. The maximum Gasteiger partial charge on any atom is 0.208 e. The fourth-order valence-corrected chi connectivity index (χ4v) is 3.32. The van der Waals surface area contributed by atoms with Crippen molar-refractivity contribution in [2.24, 2.45) is 0 Å². The summed E-state index contributed by atoms with van der Waals surface area (Å²) in [6.45, 7) is 5.39. The van der Waals surface area contributed by atoms with E-state index in [9.17, 15) is 0 Å². The Morgan fingerprint density at radius 3 is 3.00 bits per heavy atom. The molecule has 0 amide bonds. The zero-order valence-electron chi connectivity index (χ0n) is 12.4. The number of imidazole rings is 1. The lowest BCUT2D eigenvalue weighted by Gasteiger charge is -2.13. The highest BCUT2D eigenvalue weighted by Gasteiger charge is 2.29. The number of pyridine rings is 1. The van der Waals surface area contributed by atoms with Gasteiger partial charge in [0, 0.05) is 24.7 Å². The van der Waals surface area contributed by atoms with Gasteiger partial charge in [-0.05, 0) is 49.3 Å². The van der Waals surface area contributed by atoms with Gasteiger partial charge in [0.2, 0.25) is 5.88 Å². The number of aromatic nitrogens is 3. The second-order valence-electron chi connectivity index (χ2n) is 5.61. The van der Waals surface area contributed by atoms with E-state index in [1.807, 2.05) is 22.8 Å². The van der Waals surface area contributed by atoms with Gasteiger partial charge >= 0.3 is 0 Å². The van der Waals surface area contributed by atoms with E-state index in [1.54, 1.807) is 12.3 Å². The van der Waals surface area contributed by atoms with Crippen molar-refractivity contribution in [3.05, 3.63) is 41.5 Å². The van der Waals surface area contributed by atoms with E-state index in [0.717, 1.165) is 43.0 Å². The van der Waals surface area contributed by atoms with E-state index >= 15 is 0 Å². The summed E-state index contributed by atoms with van der Waals surface area (Å²) in [6.07, 6.45) is 2.88. The van der Waals surface area contributed by atoms with Gasteiger partial charge in [0.25, 0.3) is 0 Å². The van der Waals surface area contributed by atoms with Crippen molar-refractivity contribution in [1.29, 1.82) is 0 Å². The Kier molecular flexibility index (Phi) is 3.39. The molecule has 1 saturated heterocycles. The van der Waals surface area contributed by atoms with Gasteiger partial charge < -0.3 is 9.32 Å². The molecule has 0 radical (unpaired) electrons. The molecule has 1 fully saturated rings. The van der Waals surface area contributed by atoms with Crippen LogP contribution in [0.4, 0.5) is 0 Å². The SMILES string of the molecule is CCN1CCC(c2nc3cccnc3n2-c2ccc(Cl)o2)C1. The third-order valence-electron chi connectivity index (χ3n) is 4.31. The predicted molar refractivity (Wildman–Crippen MR) is 85.6 cm³/mol. The molecule has 0 spiro atoms. The van der Waals surface area contributed by atoms with Crippen LogP contribution in [-0.4, -0.2) is 39.1 Å². The van der Waals surface area contributed by atoms with Gasteiger partial charge in [-0.25, -0.2) is 14.5 Å². The number of fused-ring (bicyclic) bond motifs is 1. The van der Waals surface area contributed by atoms with Crippen LogP contribution < -0.4 is 0 Å². The van der Waals surface area contributed by atoms with E-state index in [0.29, 0.717) is 17.0 Å². The Labute approximate surface area is 133 Å². The summed E-state index contributed by atoms with van der Waals surface area (Å²) in [5, 5.41) is 0.375. The highest BCUT2D eigenvalue weighted by Crippen LogP contribution is 2.32. The number of rotatable bonds is 3. The van der Waals surface area contributed by atoms with Crippen LogP contribution in [0.2, 0.25) is 5.22 Å². The maximum atomic E-state index is 5.96. The molecule has 0 bridgehead atoms. The minimum Gasteiger partial charge on any atom is -0.428 e. The Morgan fingerprint density at radius 2 is 2.27 bits per heavy atom. The summed E-state index contributed by atoms with van der Waals surface area (Å²) in [4.78, 5) is 11.7. The van der Waals surface area contributed by atoms with Crippen LogP contribution in [0.3, 0.4) is 0 Å². The third-order valence-corrected chi connectivity index (χ3v) is 4.51. The molecular formula is C16H17ClN4O. The molecule has 22 heavy (non-hydrogen) atoms. The van der Waals surface area contributed by atoms with Crippen molar-refractivity contribution in [3.8, 4) is 5.88 Å². The van der Waals surface area contributed by atoms with Crippen LogP contribution in [0.15, 0.2) is 34.9 Å². The van der Waals surface area contributed by atoms with Gasteiger partial charge in [0.15, 0.2) is 10.9 Å². The van der Waals surface area contributed by atoms with E-state index in [2.05, 4.69) is 16.8 Å². The van der Waals surface area contributed by atoms with Crippen LogP contribution in [0, 0.1) is 0 Å². The molecule has 0 N–H and O–H groups in total. The molecule has 4 rings (SSSR count). The third kappa shape index (κ3) is 2.21. The molecule has 5 nitrogen and oxygen atoms in total. The number of likely N-dealkylation sites (N-methyl/N-ethyl adjacent to an activating group) is 1. The fraction of sp³-hybridized carbons (Fsp3) is 0.375. The zero-order valence-corrected chi connectivity index (χ0v) is 13.1. The van der Waals surface area contributed by atoms with Crippen LogP contribution in [-0.2, 0) is 0 Å². The van der Waals surface area contributed by atoms with Crippen LogP contribution >= 0.6 is 11.6 Å². The molecule has 6 heteroatoms. The average molecular weight is 317 g/mol. The van der Waals surface area contributed by atoms with Crippen molar-refractivity contribution in [2.45, 2.75) is 19.3 Å². The highest BCUT2D eigenvalue weighted by atomic mass is 35.5. The number of furan rings is 1. The number of hydrogen-bond donors (Lipinski definition) is 0. The summed E-state index contributed by atoms with van der Waals surface area (Å²) in [7, 11) is 0. The quantitative estimate of drug-likeness (QED) is 0.742. The number of hydrogen-bond acceptors (Lipinski definition) is 4. The molecule has 1 aliphatic rings. The van der Waals surface area contributed by atoms with E-state index in [-0.39, 0.29) is 0 Å². The topological polar surface area (TPSA) is 47.1 Å². The minimum absolute atomic E-state index is 0.375. The lowest BCUT2D eigenvalue weighted by Crippen LogP contribution is -2.20. The van der Waals surface area contributed by atoms with Gasteiger partial charge in [-0.1, -0.05) is 6.92 Å². The molecule has 0 aliphatic carbocycles. The van der Waals surface area contributed by atoms with Crippen molar-refractivity contribution in [1.82, 2.24) is 19.4 Å². The summed E-state index contributed by atoms with van der Waals surface area (Å²) < 4.78 is 7.63. The van der Waals surface area contributed by atoms with Gasteiger partial charge in [-0.2, -0.15) is 0 Å². The van der Waals surface area contributed by atoms with Crippen molar-refractivity contribution >= 4 is 22.8 Å². The minimum atomic E-state index is 0.375. The van der Waals surface area contributed by atoms with Gasteiger partial charge in [0.05, 0.1) is 0 Å². The summed E-state index contributed by atoms with van der Waals surface area (Å²) in [5.41, 5.74) is 1.71. The summed E-state index contributed by atoms with van der Waals surface area (Å²) in [5.74, 6) is 2.07. The predicted octanol–water partition coefficient (Wildman–Crippen LogP) is 3.48. The molecule has 3 aromatic heterocycles. The number of likely N-dealkylation sites (tertiary alicyclic amines) is 1. The Hall–Kier alpha value is -1.85. The van der Waals surface area contributed by atoms with Gasteiger partial charge in [-0.3, -0.25) is 0 Å². The van der Waals surface area contributed by atoms with Crippen molar-refractivity contribution in [2.75, 3.05) is 19.6 Å². The highest BCUT2D eigenvalue weighted by molar-refractivity contribution is 6.28. The van der Waals surface area contributed by atoms with E-state index < -0.39 is 0 Å². The Morgan fingerprint density at radius 1 is 1.36 bits per heavy atom. The smallest absolute Gasteiger partial charge is 0.208 e. The first-order valence-corrected chi connectivity index (χ1v) is 7.95. The van der Waals surface area contributed by atoms with Crippen LogP contribution in [0.1, 0.15) is 25.1 Å². The zero-order chi connectivity index (χ0) is 15.1. The van der Waals surface area contributed by atoms with Gasteiger partial charge in [0.1, 0.15) is 11.3 Å². The van der Waals surface area contributed by atoms with Crippen LogP contribution in [0.5, 0.6) is 0 Å². The normalized spacial score (nSPS) is 19.3. The molecule has 0 saturated carbocycles. The molecule has 0 aromatic carbocycles. The molecule has 114 valence electrons. The first kappa shape index (κ1) is 13.8. The lowest BCUT2D eigenvalue weighted by molar-refractivity contribution is 0.352. The molecular weight excluding hydrogens is 300 g/mol. The summed E-state index contributed by atoms with van der Waals surface area (Å²) >= 11 is 5.96. The number of halogens is 1. The Bertz CT molecular complexity index is 809. The monoisotopic (exact) mass is 316 g/mol. The van der Waals surface area contributed by atoms with Crippen LogP contribution in [0.25, 0.3) is 17.0 Å². The second kappa shape index (κ2) is 5.41. The Balaban J connectivity index is 1.87. The molecule has 1 aliphatic heterocycles. The first-order chi connectivity index (χ1) is 10.8. The first-order valence-electron chi connectivity index (χ1n) is 7.57.